The van der Waals surface area contributed by atoms with E-state index in [1.54, 1.807) is 24.3 Å². The summed E-state index contributed by atoms with van der Waals surface area (Å²) in [6.07, 6.45) is 2.87. The lowest BCUT2D eigenvalue weighted by atomic mass is 9.98. The molecule has 1 heterocycles. The van der Waals surface area contributed by atoms with Crippen molar-refractivity contribution in [1.29, 1.82) is 0 Å². The van der Waals surface area contributed by atoms with Gasteiger partial charge in [-0.15, -0.1) is 0 Å². The van der Waals surface area contributed by atoms with Crippen molar-refractivity contribution in [2.45, 2.75) is 45.9 Å². The minimum atomic E-state index is -0.961. The van der Waals surface area contributed by atoms with Crippen molar-refractivity contribution >= 4 is 27.9 Å². The molecule has 0 amide bonds. The summed E-state index contributed by atoms with van der Waals surface area (Å²) in [4.78, 5) is 23.4. The summed E-state index contributed by atoms with van der Waals surface area (Å²) >= 11 is 3.85. The second kappa shape index (κ2) is 13.8. The molecule has 0 spiro atoms. The molecule has 0 aliphatic rings. The van der Waals surface area contributed by atoms with Gasteiger partial charge in [-0.25, -0.2) is 18.7 Å². The van der Waals surface area contributed by atoms with E-state index in [0.29, 0.717) is 24.2 Å². The number of carboxylic acids is 2. The molecule has 5 rings (SSSR count). The van der Waals surface area contributed by atoms with Crippen LogP contribution in [0.3, 0.4) is 0 Å². The number of aliphatic hydroxyl groups excluding tert-OH is 1. The van der Waals surface area contributed by atoms with E-state index in [-0.39, 0.29) is 17.7 Å². The van der Waals surface area contributed by atoms with Crippen molar-refractivity contribution in [1.82, 2.24) is 4.57 Å². The van der Waals surface area contributed by atoms with E-state index >= 15 is 0 Å². The van der Waals surface area contributed by atoms with Crippen LogP contribution in [0.5, 0.6) is 0 Å². The van der Waals surface area contributed by atoms with E-state index in [9.17, 15) is 24.9 Å². The van der Waals surface area contributed by atoms with Gasteiger partial charge >= 0.3 is 11.9 Å². The highest BCUT2D eigenvalue weighted by molar-refractivity contribution is 9.10. The number of carbonyl (C=O) groups is 2. The number of hydrogen-bond donors (Lipinski definition) is 3. The molecule has 7 nitrogen and oxygen atoms in total. The van der Waals surface area contributed by atoms with Crippen molar-refractivity contribution < 1.29 is 29.5 Å². The number of aromatic nitrogens is 2. The van der Waals surface area contributed by atoms with E-state index < -0.39 is 11.9 Å². The Morgan fingerprint density at radius 2 is 1.25 bits per heavy atom. The van der Waals surface area contributed by atoms with Crippen LogP contribution in [0.4, 0.5) is 0 Å². The number of halogens is 1. The topological polar surface area (TPSA) is 104 Å². The first-order valence-corrected chi connectivity index (χ1v) is 15.3. The molecule has 1 aromatic heterocycles. The van der Waals surface area contributed by atoms with Crippen LogP contribution in [-0.4, -0.2) is 31.8 Å². The lowest BCUT2D eigenvalue weighted by molar-refractivity contribution is -0.707. The number of nitrogens with zero attached hydrogens (tertiary/aromatic N) is 2. The van der Waals surface area contributed by atoms with Crippen molar-refractivity contribution in [2.75, 3.05) is 0 Å². The van der Waals surface area contributed by atoms with Gasteiger partial charge in [0.2, 0.25) is 4.60 Å². The van der Waals surface area contributed by atoms with E-state index in [4.69, 9.17) is 0 Å². The standard InChI is InChI=1S/C36H33BrN2O5/c1-2-3-12-32-34(37)39(22-25-15-19-27(20-16-25)29-9-5-7-11-31(29)36(43)44)33(23-40)38(32)21-24-13-17-26(18-14-24)28-8-4-6-10-30(28)35(41)42/h4-11,13-20,40H,2-3,12,21-23H2,1H3,(H-,41,42,43,44)/p+1. The van der Waals surface area contributed by atoms with Gasteiger partial charge in [0.05, 0.1) is 11.1 Å². The third-order valence-corrected chi connectivity index (χ3v) is 8.74. The quantitative estimate of drug-likeness (QED) is 0.124. The summed E-state index contributed by atoms with van der Waals surface area (Å²) in [5.41, 5.74) is 6.67. The van der Waals surface area contributed by atoms with Crippen molar-refractivity contribution in [3.8, 4) is 22.3 Å². The summed E-state index contributed by atoms with van der Waals surface area (Å²) in [5.74, 6) is -1.15. The van der Waals surface area contributed by atoms with Gasteiger partial charge in [0.15, 0.2) is 5.69 Å². The molecular weight excluding hydrogens is 620 g/mol. The van der Waals surface area contributed by atoms with Gasteiger partial charge in [0.1, 0.15) is 19.7 Å². The Bertz CT molecular complexity index is 1790. The van der Waals surface area contributed by atoms with Crippen molar-refractivity contribution in [3.63, 3.8) is 0 Å². The van der Waals surface area contributed by atoms with Crippen LogP contribution in [0, 0.1) is 0 Å². The first kappa shape index (κ1) is 30.9. The number of benzene rings is 4. The molecular formula is C36H34BrN2O5+. The zero-order chi connectivity index (χ0) is 31.2. The molecule has 0 bridgehead atoms. The van der Waals surface area contributed by atoms with Crippen LogP contribution in [0.2, 0.25) is 0 Å². The zero-order valence-corrected chi connectivity index (χ0v) is 26.0. The molecule has 0 saturated carbocycles. The molecule has 4 aromatic carbocycles. The molecule has 0 fully saturated rings. The number of rotatable bonds is 12. The predicted octanol–water partition coefficient (Wildman–Crippen LogP) is 7.20. The highest BCUT2D eigenvalue weighted by Gasteiger charge is 2.29. The van der Waals surface area contributed by atoms with Gasteiger partial charge in [-0.2, -0.15) is 0 Å². The summed E-state index contributed by atoms with van der Waals surface area (Å²) in [6, 6.07) is 29.7. The Morgan fingerprint density at radius 3 is 1.73 bits per heavy atom. The lowest BCUT2D eigenvalue weighted by Gasteiger charge is -2.09. The Hall–Kier alpha value is -4.53. The Morgan fingerprint density at radius 1 is 0.750 bits per heavy atom. The van der Waals surface area contributed by atoms with Crippen LogP contribution in [0.25, 0.3) is 22.3 Å². The highest BCUT2D eigenvalue weighted by Crippen LogP contribution is 2.27. The van der Waals surface area contributed by atoms with Crippen molar-refractivity contribution in [2.24, 2.45) is 0 Å². The molecule has 0 unspecified atom stereocenters. The summed E-state index contributed by atoms with van der Waals surface area (Å²) in [6.45, 7) is 3.07. The van der Waals surface area contributed by atoms with E-state index in [2.05, 4.69) is 32.0 Å². The third-order valence-electron chi connectivity index (χ3n) is 7.86. The molecule has 8 heteroatoms. The number of aliphatic hydroxyl groups is 1. The first-order chi connectivity index (χ1) is 21.3. The minimum Gasteiger partial charge on any atom is -0.478 e. The maximum Gasteiger partial charge on any atom is 0.336 e. The van der Waals surface area contributed by atoms with Gasteiger partial charge in [-0.3, -0.25) is 0 Å². The average Bonchev–Trinajstić information content (AvgIpc) is 3.29. The zero-order valence-electron chi connectivity index (χ0n) is 24.4. The van der Waals surface area contributed by atoms with Crippen LogP contribution in [0.1, 0.15) is 63.1 Å². The fourth-order valence-corrected chi connectivity index (χ4v) is 6.31. The van der Waals surface area contributed by atoms with Gasteiger partial charge in [0, 0.05) is 22.4 Å². The molecule has 224 valence electrons. The molecule has 0 saturated heterocycles. The van der Waals surface area contributed by atoms with Crippen molar-refractivity contribution in [3.05, 3.63) is 135 Å². The fourth-order valence-electron chi connectivity index (χ4n) is 5.57. The molecule has 0 aliphatic heterocycles. The number of carboxylic acid groups (broad SMARTS) is 2. The van der Waals surface area contributed by atoms with E-state index in [1.165, 1.54) is 0 Å². The summed E-state index contributed by atoms with van der Waals surface area (Å²) in [7, 11) is 0. The largest absolute Gasteiger partial charge is 0.478 e. The SMILES string of the molecule is CCCCc1c(Br)[n+](Cc2ccc(-c3ccccc3C(=O)O)cc2)c(CO)n1Cc1ccc(-c2ccccc2C(=O)O)cc1. The smallest absolute Gasteiger partial charge is 0.336 e. The van der Waals surface area contributed by atoms with Gasteiger partial charge in [0.25, 0.3) is 5.82 Å². The summed E-state index contributed by atoms with van der Waals surface area (Å²) in [5, 5.41) is 29.8. The molecule has 0 radical (unpaired) electrons. The Balaban J connectivity index is 1.45. The monoisotopic (exact) mass is 653 g/mol. The second-order valence-electron chi connectivity index (χ2n) is 10.7. The number of hydrogen-bond acceptors (Lipinski definition) is 3. The number of aromatic carboxylic acids is 2. The fraction of sp³-hybridized carbons (Fsp3) is 0.194. The normalized spacial score (nSPS) is 11.1. The molecule has 44 heavy (non-hydrogen) atoms. The Kier molecular flexibility index (Phi) is 9.72. The third kappa shape index (κ3) is 6.51. The molecule has 0 aliphatic carbocycles. The maximum atomic E-state index is 11.7. The molecule has 3 N–H and O–H groups in total. The molecule has 0 atom stereocenters. The van der Waals surface area contributed by atoms with Crippen LogP contribution in [0.15, 0.2) is 102 Å². The highest BCUT2D eigenvalue weighted by atomic mass is 79.9. The number of imidazole rings is 1. The van der Waals surface area contributed by atoms with Gasteiger partial charge in [-0.05, 0) is 51.9 Å². The number of unbranched alkanes of at least 4 members (excludes halogenated alkanes) is 1. The molecule has 5 aromatic rings. The van der Waals surface area contributed by atoms with Gasteiger partial charge < -0.3 is 15.3 Å². The van der Waals surface area contributed by atoms with Crippen LogP contribution in [-0.2, 0) is 26.1 Å². The van der Waals surface area contributed by atoms with E-state index in [0.717, 1.165) is 57.6 Å². The summed E-state index contributed by atoms with van der Waals surface area (Å²) < 4.78 is 5.17. The minimum absolute atomic E-state index is 0.154. The van der Waals surface area contributed by atoms with Crippen LogP contribution >= 0.6 is 15.9 Å². The lowest BCUT2D eigenvalue weighted by Crippen LogP contribution is -2.39. The Labute approximate surface area is 264 Å². The second-order valence-corrected chi connectivity index (χ2v) is 11.4. The van der Waals surface area contributed by atoms with Gasteiger partial charge in [-0.1, -0.05) is 98.3 Å². The predicted molar refractivity (Wildman–Crippen MR) is 173 cm³/mol. The average molecular weight is 655 g/mol. The first-order valence-electron chi connectivity index (χ1n) is 14.6. The van der Waals surface area contributed by atoms with Crippen LogP contribution < -0.4 is 4.57 Å². The van der Waals surface area contributed by atoms with E-state index in [1.807, 2.05) is 72.8 Å². The maximum absolute atomic E-state index is 11.7.